The maximum atomic E-state index is 13.3. The lowest BCUT2D eigenvalue weighted by atomic mass is 9.96. The van der Waals surface area contributed by atoms with Crippen LogP contribution in [0.25, 0.3) is 0 Å². The van der Waals surface area contributed by atoms with Crippen LogP contribution in [-0.4, -0.2) is 72.0 Å². The molecule has 0 aliphatic carbocycles. The SMILES string of the molecule is CNC(=O)C(C)(C(=O)NOC1CCCCO1)N(C)C(=O)c1ccc(C#Cc2ccc(C(O)CCO)cc2)cc1. The van der Waals surface area contributed by atoms with Crippen LogP contribution in [0.2, 0.25) is 0 Å². The Bertz CT molecular complexity index is 1200. The number of carbonyl (C=O) groups excluding carboxylic acids is 3. The fraction of sp³-hybridized carbons (Fsp3) is 0.414. The van der Waals surface area contributed by atoms with Crippen LogP contribution in [0.4, 0.5) is 0 Å². The van der Waals surface area contributed by atoms with Crippen LogP contribution in [-0.2, 0) is 19.2 Å². The molecule has 2 aromatic carbocycles. The molecule has 1 aliphatic heterocycles. The fourth-order valence-electron chi connectivity index (χ4n) is 3.99. The quantitative estimate of drug-likeness (QED) is 0.217. The van der Waals surface area contributed by atoms with Gasteiger partial charge in [0.05, 0.1) is 6.10 Å². The van der Waals surface area contributed by atoms with Crippen molar-refractivity contribution in [1.82, 2.24) is 15.7 Å². The number of benzene rings is 2. The molecule has 0 radical (unpaired) electrons. The molecule has 3 amide bonds. The summed E-state index contributed by atoms with van der Waals surface area (Å²) in [6, 6.07) is 13.6. The summed E-state index contributed by atoms with van der Waals surface area (Å²) in [4.78, 5) is 45.5. The Balaban J connectivity index is 1.69. The molecule has 39 heavy (non-hydrogen) atoms. The summed E-state index contributed by atoms with van der Waals surface area (Å²) < 4.78 is 5.44. The molecule has 0 saturated carbocycles. The Hall–Kier alpha value is -3.75. The normalized spacial score (nSPS) is 17.1. The Morgan fingerprint density at radius 3 is 2.23 bits per heavy atom. The van der Waals surface area contributed by atoms with Crippen LogP contribution >= 0.6 is 0 Å². The average Bonchev–Trinajstić information content (AvgIpc) is 2.98. The van der Waals surface area contributed by atoms with Crippen LogP contribution in [0.3, 0.4) is 0 Å². The molecule has 1 heterocycles. The Morgan fingerprint density at radius 2 is 1.69 bits per heavy atom. The van der Waals surface area contributed by atoms with Gasteiger partial charge in [0, 0.05) is 56.8 Å². The zero-order valence-corrected chi connectivity index (χ0v) is 22.4. The molecule has 10 nitrogen and oxygen atoms in total. The summed E-state index contributed by atoms with van der Waals surface area (Å²) in [5.74, 6) is 4.03. The van der Waals surface area contributed by atoms with Crippen molar-refractivity contribution in [2.24, 2.45) is 0 Å². The zero-order valence-electron chi connectivity index (χ0n) is 22.4. The third kappa shape index (κ3) is 7.43. The van der Waals surface area contributed by atoms with E-state index in [9.17, 15) is 19.5 Å². The number of likely N-dealkylation sites (N-methyl/N-ethyl adjacent to an activating group) is 2. The van der Waals surface area contributed by atoms with Gasteiger partial charge in [0.1, 0.15) is 0 Å². The van der Waals surface area contributed by atoms with E-state index in [1.165, 1.54) is 21.0 Å². The van der Waals surface area contributed by atoms with E-state index >= 15 is 0 Å². The van der Waals surface area contributed by atoms with Gasteiger partial charge in [-0.1, -0.05) is 24.0 Å². The van der Waals surface area contributed by atoms with Gasteiger partial charge in [0.25, 0.3) is 17.7 Å². The number of hydrogen-bond acceptors (Lipinski definition) is 7. The smallest absolute Gasteiger partial charge is 0.279 e. The maximum absolute atomic E-state index is 13.3. The number of nitrogens with zero attached hydrogens (tertiary/aromatic N) is 1. The van der Waals surface area contributed by atoms with E-state index in [1.54, 1.807) is 48.5 Å². The van der Waals surface area contributed by atoms with Crippen LogP contribution < -0.4 is 10.8 Å². The topological polar surface area (TPSA) is 137 Å². The molecule has 1 saturated heterocycles. The summed E-state index contributed by atoms with van der Waals surface area (Å²) in [7, 11) is 2.76. The predicted octanol–water partition coefficient (Wildman–Crippen LogP) is 1.65. The van der Waals surface area contributed by atoms with Crippen molar-refractivity contribution in [2.45, 2.75) is 50.5 Å². The summed E-state index contributed by atoms with van der Waals surface area (Å²) in [5.41, 5.74) is 2.77. The number of hydroxylamine groups is 1. The highest BCUT2D eigenvalue weighted by Crippen LogP contribution is 2.20. The van der Waals surface area contributed by atoms with Gasteiger partial charge in [0.15, 0.2) is 11.8 Å². The Morgan fingerprint density at radius 1 is 1.08 bits per heavy atom. The first kappa shape index (κ1) is 29.8. The van der Waals surface area contributed by atoms with E-state index in [4.69, 9.17) is 14.7 Å². The molecular formula is C29H35N3O7. The van der Waals surface area contributed by atoms with Crippen molar-refractivity contribution in [3.8, 4) is 11.8 Å². The molecule has 3 unspecified atom stereocenters. The molecule has 0 spiro atoms. The summed E-state index contributed by atoms with van der Waals surface area (Å²) in [6.45, 7) is 1.77. The third-order valence-electron chi connectivity index (χ3n) is 6.69. The fourth-order valence-corrected chi connectivity index (χ4v) is 3.99. The van der Waals surface area contributed by atoms with Gasteiger partial charge < -0.3 is 25.2 Å². The lowest BCUT2D eigenvalue weighted by Gasteiger charge is -2.36. The minimum absolute atomic E-state index is 0.0977. The predicted molar refractivity (Wildman–Crippen MR) is 143 cm³/mol. The second kappa shape index (κ2) is 13.9. The van der Waals surface area contributed by atoms with E-state index in [1.807, 2.05) is 0 Å². The van der Waals surface area contributed by atoms with Crippen LogP contribution in [0.1, 0.15) is 65.8 Å². The minimum atomic E-state index is -1.89. The van der Waals surface area contributed by atoms with Gasteiger partial charge in [-0.15, -0.1) is 0 Å². The number of rotatable bonds is 9. The zero-order chi connectivity index (χ0) is 28.4. The molecule has 208 valence electrons. The standard InChI is InChI=1S/C29H35N3O7/c1-29(27(36)30-2,28(37)31-39-25-6-4-5-19-38-25)32(3)26(35)23-15-11-21(12-16-23)8-7-20-9-13-22(14-10-20)24(34)17-18-33/h9-16,24-25,33-34H,4-6,17-19H2,1-3H3,(H,30,36)(H,31,37). The minimum Gasteiger partial charge on any atom is -0.396 e. The highest BCUT2D eigenvalue weighted by Gasteiger charge is 2.47. The maximum Gasteiger partial charge on any atom is 0.279 e. The highest BCUT2D eigenvalue weighted by atomic mass is 16.8. The summed E-state index contributed by atoms with van der Waals surface area (Å²) in [6.07, 6.45) is 1.35. The van der Waals surface area contributed by atoms with E-state index in [0.29, 0.717) is 24.2 Å². The molecule has 10 heteroatoms. The molecule has 0 bridgehead atoms. The van der Waals surface area contributed by atoms with Gasteiger partial charge in [-0.2, -0.15) is 0 Å². The molecule has 3 rings (SSSR count). The van der Waals surface area contributed by atoms with Gasteiger partial charge in [-0.05, 0) is 61.7 Å². The molecule has 4 N–H and O–H groups in total. The van der Waals surface area contributed by atoms with E-state index < -0.39 is 35.7 Å². The van der Waals surface area contributed by atoms with Gasteiger partial charge in [-0.3, -0.25) is 14.4 Å². The first-order valence-corrected chi connectivity index (χ1v) is 12.8. The van der Waals surface area contributed by atoms with Gasteiger partial charge >= 0.3 is 0 Å². The second-order valence-electron chi connectivity index (χ2n) is 9.34. The first-order valence-electron chi connectivity index (χ1n) is 12.8. The van der Waals surface area contributed by atoms with Crippen molar-refractivity contribution < 1.29 is 34.2 Å². The monoisotopic (exact) mass is 537 g/mol. The Labute approximate surface area is 228 Å². The first-order chi connectivity index (χ1) is 18.7. The van der Waals surface area contributed by atoms with Crippen molar-refractivity contribution in [1.29, 1.82) is 0 Å². The lowest BCUT2D eigenvalue weighted by molar-refractivity contribution is -0.204. The summed E-state index contributed by atoms with van der Waals surface area (Å²) in [5, 5.41) is 21.4. The van der Waals surface area contributed by atoms with Gasteiger partial charge in [-0.25, -0.2) is 10.3 Å². The van der Waals surface area contributed by atoms with Crippen molar-refractivity contribution >= 4 is 17.7 Å². The van der Waals surface area contributed by atoms with Crippen LogP contribution in [0, 0.1) is 11.8 Å². The Kier molecular flexibility index (Phi) is 10.6. The molecule has 1 aliphatic rings. The van der Waals surface area contributed by atoms with Crippen LogP contribution in [0.15, 0.2) is 48.5 Å². The van der Waals surface area contributed by atoms with Crippen molar-refractivity contribution in [2.75, 3.05) is 27.3 Å². The number of carbonyl (C=O) groups is 3. The largest absolute Gasteiger partial charge is 0.396 e. The van der Waals surface area contributed by atoms with Crippen molar-refractivity contribution in [3.63, 3.8) is 0 Å². The number of ether oxygens (including phenoxy) is 1. The number of nitrogens with one attached hydrogen (secondary N) is 2. The number of hydrogen-bond donors (Lipinski definition) is 4. The highest BCUT2D eigenvalue weighted by molar-refractivity contribution is 6.12. The van der Waals surface area contributed by atoms with E-state index in [0.717, 1.165) is 23.3 Å². The van der Waals surface area contributed by atoms with Crippen LogP contribution in [0.5, 0.6) is 0 Å². The van der Waals surface area contributed by atoms with Gasteiger partial charge in [0.2, 0.25) is 0 Å². The number of aliphatic hydroxyl groups excluding tert-OH is 2. The second-order valence-corrected chi connectivity index (χ2v) is 9.34. The molecule has 0 aromatic heterocycles. The molecule has 3 atom stereocenters. The lowest BCUT2D eigenvalue weighted by Crippen LogP contribution is -2.65. The number of amides is 3. The van der Waals surface area contributed by atoms with E-state index in [-0.39, 0.29) is 18.6 Å². The van der Waals surface area contributed by atoms with E-state index in [2.05, 4.69) is 22.6 Å². The van der Waals surface area contributed by atoms with Crippen molar-refractivity contribution in [3.05, 3.63) is 70.8 Å². The molecular weight excluding hydrogens is 502 g/mol. The summed E-state index contributed by atoms with van der Waals surface area (Å²) >= 11 is 0. The third-order valence-corrected chi connectivity index (χ3v) is 6.69. The number of aliphatic hydroxyl groups is 2. The molecule has 1 fully saturated rings. The molecule has 2 aromatic rings. The average molecular weight is 538 g/mol.